The van der Waals surface area contributed by atoms with Gasteiger partial charge < -0.3 is 10.6 Å². The van der Waals surface area contributed by atoms with E-state index in [1.54, 1.807) is 0 Å². The number of rotatable bonds is 6. The van der Waals surface area contributed by atoms with Crippen LogP contribution in [0.1, 0.15) is 39.0 Å². The van der Waals surface area contributed by atoms with E-state index in [0.29, 0.717) is 11.5 Å². The van der Waals surface area contributed by atoms with Gasteiger partial charge in [-0.2, -0.15) is 0 Å². The highest BCUT2D eigenvalue weighted by Gasteiger charge is 2.36. The molecule has 0 aliphatic heterocycles. The molecule has 2 N–H and O–H groups in total. The highest BCUT2D eigenvalue weighted by atomic mass is 15.1. The summed E-state index contributed by atoms with van der Waals surface area (Å²) < 4.78 is 0. The second-order valence-electron chi connectivity index (χ2n) is 5.32. The van der Waals surface area contributed by atoms with E-state index in [0.717, 1.165) is 19.5 Å². The smallest absolute Gasteiger partial charge is 0.0105 e. The number of hydrogen-bond acceptors (Lipinski definition) is 2. The van der Waals surface area contributed by atoms with Crippen molar-refractivity contribution in [2.45, 2.75) is 45.1 Å². The van der Waals surface area contributed by atoms with Gasteiger partial charge in [-0.25, -0.2) is 0 Å². The summed E-state index contributed by atoms with van der Waals surface area (Å²) >= 11 is 0. The third-order valence-electron chi connectivity index (χ3n) is 3.74. The topological polar surface area (TPSA) is 29.3 Å². The summed E-state index contributed by atoms with van der Waals surface area (Å²) in [6.07, 6.45) is 8.13. The van der Waals surface area contributed by atoms with Gasteiger partial charge in [-0.15, -0.1) is 6.58 Å². The maximum atomic E-state index is 6.17. The van der Waals surface area contributed by atoms with E-state index in [2.05, 4.69) is 25.5 Å². The zero-order valence-corrected chi connectivity index (χ0v) is 10.3. The summed E-state index contributed by atoms with van der Waals surface area (Å²) in [6.45, 7) is 8.40. The maximum Gasteiger partial charge on any atom is 0.0105 e. The molecule has 2 atom stereocenters. The van der Waals surface area contributed by atoms with Crippen LogP contribution in [0.2, 0.25) is 0 Å². The summed E-state index contributed by atoms with van der Waals surface area (Å²) in [5.41, 5.74) is 6.52. The fourth-order valence-corrected chi connectivity index (χ4v) is 2.66. The van der Waals surface area contributed by atoms with Gasteiger partial charge in [0.25, 0.3) is 0 Å². The normalized spacial score (nSPS) is 31.1. The van der Waals surface area contributed by atoms with Gasteiger partial charge in [0.15, 0.2) is 0 Å². The minimum Gasteiger partial charge on any atom is -0.327 e. The predicted octanol–water partition coefficient (Wildman–Crippen LogP) is 2.40. The molecule has 1 aliphatic carbocycles. The molecule has 0 aromatic rings. The van der Waals surface area contributed by atoms with Gasteiger partial charge in [0.05, 0.1) is 0 Å². The van der Waals surface area contributed by atoms with E-state index in [4.69, 9.17) is 5.73 Å². The van der Waals surface area contributed by atoms with Crippen LogP contribution in [-0.2, 0) is 0 Å². The number of nitrogens with zero attached hydrogens (tertiary/aromatic N) is 1. The van der Waals surface area contributed by atoms with Gasteiger partial charge in [0.1, 0.15) is 0 Å². The van der Waals surface area contributed by atoms with Gasteiger partial charge in [0, 0.05) is 12.6 Å². The van der Waals surface area contributed by atoms with Gasteiger partial charge in [-0.05, 0) is 44.7 Å². The summed E-state index contributed by atoms with van der Waals surface area (Å²) in [4.78, 5) is 2.43. The molecular formula is C13H26N2. The molecule has 0 aromatic heterocycles. The van der Waals surface area contributed by atoms with E-state index >= 15 is 0 Å². The molecule has 1 saturated carbocycles. The van der Waals surface area contributed by atoms with Crippen LogP contribution >= 0.6 is 0 Å². The van der Waals surface area contributed by atoms with Crippen molar-refractivity contribution in [1.82, 2.24) is 4.90 Å². The molecule has 15 heavy (non-hydrogen) atoms. The standard InChI is InChI=1S/C13H26N2/c1-4-5-6-10-15(3)11-13(2)9-7-8-12(13)14/h4,12H,1,5-11,14H2,2-3H3. The molecule has 0 amide bonds. The van der Waals surface area contributed by atoms with Crippen LogP contribution in [0, 0.1) is 5.41 Å². The number of hydrogen-bond donors (Lipinski definition) is 1. The second-order valence-corrected chi connectivity index (χ2v) is 5.32. The lowest BCUT2D eigenvalue weighted by Crippen LogP contribution is -2.43. The Morgan fingerprint density at radius 2 is 2.33 bits per heavy atom. The third-order valence-corrected chi connectivity index (χ3v) is 3.74. The Morgan fingerprint density at radius 3 is 2.87 bits per heavy atom. The van der Waals surface area contributed by atoms with Crippen molar-refractivity contribution >= 4 is 0 Å². The Labute approximate surface area is 94.5 Å². The first-order chi connectivity index (χ1) is 7.08. The highest BCUT2D eigenvalue weighted by Crippen LogP contribution is 2.37. The maximum absolute atomic E-state index is 6.17. The van der Waals surface area contributed by atoms with E-state index in [1.807, 2.05) is 6.08 Å². The Kier molecular flexibility index (Phi) is 4.81. The number of allylic oxidation sites excluding steroid dienone is 1. The van der Waals surface area contributed by atoms with Crippen LogP contribution in [0.5, 0.6) is 0 Å². The average Bonchev–Trinajstić information content (AvgIpc) is 2.47. The minimum absolute atomic E-state index is 0.350. The van der Waals surface area contributed by atoms with Crippen LogP contribution in [0.15, 0.2) is 12.7 Å². The van der Waals surface area contributed by atoms with Gasteiger partial charge >= 0.3 is 0 Å². The zero-order chi connectivity index (χ0) is 11.3. The van der Waals surface area contributed by atoms with Crippen molar-refractivity contribution in [3.05, 3.63) is 12.7 Å². The molecule has 1 rings (SSSR count). The van der Waals surface area contributed by atoms with Gasteiger partial charge in [0.2, 0.25) is 0 Å². The number of unbranched alkanes of at least 4 members (excludes halogenated alkanes) is 1. The fourth-order valence-electron chi connectivity index (χ4n) is 2.66. The fraction of sp³-hybridized carbons (Fsp3) is 0.846. The molecular weight excluding hydrogens is 184 g/mol. The van der Waals surface area contributed by atoms with Crippen LogP contribution in [0.4, 0.5) is 0 Å². The van der Waals surface area contributed by atoms with Crippen molar-refractivity contribution in [3.63, 3.8) is 0 Å². The summed E-state index contributed by atoms with van der Waals surface area (Å²) in [7, 11) is 2.21. The SMILES string of the molecule is C=CCCCN(C)CC1(C)CCCC1N. The third kappa shape index (κ3) is 3.62. The Hall–Kier alpha value is -0.340. The van der Waals surface area contributed by atoms with Crippen LogP contribution in [-0.4, -0.2) is 31.1 Å². The second kappa shape index (κ2) is 5.66. The molecule has 2 nitrogen and oxygen atoms in total. The molecule has 1 aliphatic rings. The predicted molar refractivity (Wildman–Crippen MR) is 66.9 cm³/mol. The van der Waals surface area contributed by atoms with E-state index in [1.165, 1.54) is 25.7 Å². The lowest BCUT2D eigenvalue weighted by atomic mass is 9.84. The van der Waals surface area contributed by atoms with Crippen molar-refractivity contribution in [3.8, 4) is 0 Å². The summed E-state index contributed by atoms with van der Waals surface area (Å²) in [5, 5.41) is 0. The zero-order valence-electron chi connectivity index (χ0n) is 10.3. The Balaban J connectivity index is 2.29. The monoisotopic (exact) mass is 210 g/mol. The van der Waals surface area contributed by atoms with Crippen molar-refractivity contribution in [1.29, 1.82) is 0 Å². The molecule has 0 radical (unpaired) electrons. The first-order valence-corrected chi connectivity index (χ1v) is 6.13. The van der Waals surface area contributed by atoms with E-state index in [-0.39, 0.29) is 0 Å². The number of nitrogens with two attached hydrogens (primary N) is 1. The molecule has 0 bridgehead atoms. The molecule has 0 heterocycles. The van der Waals surface area contributed by atoms with Crippen LogP contribution in [0.3, 0.4) is 0 Å². The Morgan fingerprint density at radius 1 is 1.60 bits per heavy atom. The molecule has 0 saturated heterocycles. The van der Waals surface area contributed by atoms with Crippen LogP contribution in [0.25, 0.3) is 0 Å². The Bertz CT molecular complexity index is 203. The van der Waals surface area contributed by atoms with Crippen molar-refractivity contribution in [2.24, 2.45) is 11.1 Å². The van der Waals surface area contributed by atoms with E-state index in [9.17, 15) is 0 Å². The van der Waals surface area contributed by atoms with Gasteiger partial charge in [-0.1, -0.05) is 19.4 Å². The lowest BCUT2D eigenvalue weighted by molar-refractivity contribution is 0.177. The first-order valence-electron chi connectivity index (χ1n) is 6.13. The molecule has 2 heteroatoms. The quantitative estimate of drug-likeness (QED) is 0.539. The van der Waals surface area contributed by atoms with E-state index < -0.39 is 0 Å². The first kappa shape index (κ1) is 12.7. The highest BCUT2D eigenvalue weighted by molar-refractivity contribution is 4.93. The molecule has 88 valence electrons. The minimum atomic E-state index is 0.350. The largest absolute Gasteiger partial charge is 0.327 e. The van der Waals surface area contributed by atoms with Crippen molar-refractivity contribution < 1.29 is 0 Å². The lowest BCUT2D eigenvalue weighted by Gasteiger charge is -2.33. The summed E-state index contributed by atoms with van der Waals surface area (Å²) in [6, 6.07) is 0.402. The molecule has 2 unspecified atom stereocenters. The van der Waals surface area contributed by atoms with Gasteiger partial charge in [-0.3, -0.25) is 0 Å². The average molecular weight is 210 g/mol. The van der Waals surface area contributed by atoms with Crippen LogP contribution < -0.4 is 5.73 Å². The molecule has 0 aromatic carbocycles. The van der Waals surface area contributed by atoms with Crippen molar-refractivity contribution in [2.75, 3.05) is 20.1 Å². The molecule has 1 fully saturated rings. The summed E-state index contributed by atoms with van der Waals surface area (Å²) in [5.74, 6) is 0. The molecule has 0 spiro atoms.